The van der Waals surface area contributed by atoms with Gasteiger partial charge in [0.2, 0.25) is 0 Å². The zero-order valence-electron chi connectivity index (χ0n) is 16.8. The van der Waals surface area contributed by atoms with Gasteiger partial charge in [-0.3, -0.25) is 9.59 Å². The molecule has 0 spiro atoms. The molecule has 4 nitrogen and oxygen atoms in total. The van der Waals surface area contributed by atoms with Crippen molar-refractivity contribution in [1.29, 1.82) is 0 Å². The summed E-state index contributed by atoms with van der Waals surface area (Å²) >= 11 is 6.18. The van der Waals surface area contributed by atoms with E-state index in [1.807, 2.05) is 85.6 Å². The second-order valence-electron chi connectivity index (χ2n) is 7.31. The lowest BCUT2D eigenvalue weighted by molar-refractivity contribution is -0.120. The van der Waals surface area contributed by atoms with Gasteiger partial charge in [0.15, 0.2) is 0 Å². The predicted molar refractivity (Wildman–Crippen MR) is 120 cm³/mol. The van der Waals surface area contributed by atoms with Gasteiger partial charge in [-0.2, -0.15) is 0 Å². The van der Waals surface area contributed by atoms with Crippen LogP contribution in [-0.2, 0) is 16.1 Å². The summed E-state index contributed by atoms with van der Waals surface area (Å²) in [5.74, 6) is -0.686. The molecule has 30 heavy (non-hydrogen) atoms. The van der Waals surface area contributed by atoms with Crippen molar-refractivity contribution in [3.05, 3.63) is 106 Å². The standard InChI is InChI=1S/C25H21ClN2O2/c1-17-13-14-20(26)15-21(17)28-24(29)22(19-11-7-4-8-12-19)23(25(28)30)27(2)16-18-9-5-3-6-10-18/h3-15H,16H2,1-2H3. The van der Waals surface area contributed by atoms with Gasteiger partial charge < -0.3 is 4.90 Å². The van der Waals surface area contributed by atoms with Crippen LogP contribution in [-0.4, -0.2) is 23.8 Å². The molecule has 0 bridgehead atoms. The SMILES string of the molecule is Cc1ccc(Cl)cc1N1C(=O)C(c2ccccc2)=C(N(C)Cc2ccccc2)C1=O. The minimum atomic E-state index is -0.345. The van der Waals surface area contributed by atoms with Gasteiger partial charge in [-0.25, -0.2) is 4.90 Å². The minimum absolute atomic E-state index is 0.341. The number of benzene rings is 3. The average molecular weight is 417 g/mol. The van der Waals surface area contributed by atoms with Crippen LogP contribution in [0.3, 0.4) is 0 Å². The molecule has 4 rings (SSSR count). The average Bonchev–Trinajstić information content (AvgIpc) is 3.01. The largest absolute Gasteiger partial charge is 0.365 e. The zero-order valence-corrected chi connectivity index (χ0v) is 17.6. The number of halogens is 1. The molecule has 0 radical (unpaired) electrons. The highest BCUT2D eigenvalue weighted by Crippen LogP contribution is 2.36. The van der Waals surface area contributed by atoms with E-state index in [1.165, 1.54) is 4.90 Å². The number of nitrogens with zero attached hydrogens (tertiary/aromatic N) is 2. The summed E-state index contributed by atoms with van der Waals surface area (Å²) in [6, 6.07) is 24.4. The fourth-order valence-electron chi connectivity index (χ4n) is 3.72. The molecule has 0 atom stereocenters. The van der Waals surface area contributed by atoms with Gasteiger partial charge in [-0.15, -0.1) is 0 Å². The van der Waals surface area contributed by atoms with E-state index < -0.39 is 0 Å². The summed E-state index contributed by atoms with van der Waals surface area (Å²) in [6.07, 6.45) is 0. The zero-order chi connectivity index (χ0) is 21.3. The van der Waals surface area contributed by atoms with Crippen molar-refractivity contribution in [1.82, 2.24) is 4.90 Å². The maximum Gasteiger partial charge on any atom is 0.282 e. The minimum Gasteiger partial charge on any atom is -0.365 e. The van der Waals surface area contributed by atoms with Crippen molar-refractivity contribution < 1.29 is 9.59 Å². The molecule has 1 aliphatic heterocycles. The van der Waals surface area contributed by atoms with E-state index in [0.29, 0.717) is 34.1 Å². The van der Waals surface area contributed by atoms with Crippen molar-refractivity contribution in [2.45, 2.75) is 13.5 Å². The van der Waals surface area contributed by atoms with Crippen LogP contribution in [0.5, 0.6) is 0 Å². The van der Waals surface area contributed by atoms with Crippen molar-refractivity contribution in [3.8, 4) is 0 Å². The fourth-order valence-corrected chi connectivity index (χ4v) is 3.88. The van der Waals surface area contributed by atoms with Crippen LogP contribution in [0, 0.1) is 6.92 Å². The smallest absolute Gasteiger partial charge is 0.282 e. The molecule has 0 saturated heterocycles. The summed E-state index contributed by atoms with van der Waals surface area (Å²) in [4.78, 5) is 30.2. The summed E-state index contributed by atoms with van der Waals surface area (Å²) in [6.45, 7) is 2.37. The number of amides is 2. The Morgan fingerprint density at radius 2 is 1.50 bits per heavy atom. The molecule has 1 aliphatic rings. The molecule has 0 saturated carbocycles. The van der Waals surface area contributed by atoms with Crippen LogP contribution in [0.15, 0.2) is 84.6 Å². The van der Waals surface area contributed by atoms with Gasteiger partial charge in [0, 0.05) is 18.6 Å². The number of rotatable bonds is 5. The Bertz CT molecular complexity index is 1140. The maximum absolute atomic E-state index is 13.6. The van der Waals surface area contributed by atoms with Crippen LogP contribution in [0.1, 0.15) is 16.7 Å². The van der Waals surface area contributed by atoms with E-state index in [-0.39, 0.29) is 11.8 Å². The lowest BCUT2D eigenvalue weighted by atomic mass is 10.0. The number of hydrogen-bond acceptors (Lipinski definition) is 3. The Balaban J connectivity index is 1.82. The second-order valence-corrected chi connectivity index (χ2v) is 7.74. The first-order valence-corrected chi connectivity index (χ1v) is 10.0. The normalized spacial score (nSPS) is 13.9. The predicted octanol–water partition coefficient (Wildman–Crippen LogP) is 5.06. The highest BCUT2D eigenvalue weighted by molar-refractivity contribution is 6.45. The number of aryl methyl sites for hydroxylation is 1. The summed E-state index contributed by atoms with van der Waals surface area (Å²) < 4.78 is 0. The molecular weight excluding hydrogens is 396 g/mol. The van der Waals surface area contributed by atoms with E-state index in [1.54, 1.807) is 12.1 Å². The first kappa shape index (κ1) is 19.9. The third kappa shape index (κ3) is 3.62. The van der Waals surface area contributed by atoms with Gasteiger partial charge in [0.05, 0.1) is 11.3 Å². The Kier molecular flexibility index (Phi) is 5.42. The number of likely N-dealkylation sites (N-methyl/N-ethyl adjacent to an activating group) is 1. The number of carbonyl (C=O) groups is 2. The summed E-state index contributed by atoms with van der Waals surface area (Å²) in [5.41, 5.74) is 3.87. The van der Waals surface area contributed by atoms with Crippen molar-refractivity contribution in [2.24, 2.45) is 0 Å². The Hall–Kier alpha value is -3.37. The molecule has 1 heterocycles. The first-order valence-electron chi connectivity index (χ1n) is 9.67. The number of imide groups is 1. The molecule has 0 aromatic heterocycles. The molecule has 0 fully saturated rings. The van der Waals surface area contributed by atoms with Gasteiger partial charge in [0.25, 0.3) is 11.8 Å². The molecule has 5 heteroatoms. The molecule has 3 aromatic carbocycles. The third-order valence-electron chi connectivity index (χ3n) is 5.18. The second kappa shape index (κ2) is 8.17. The highest BCUT2D eigenvalue weighted by Gasteiger charge is 2.42. The topological polar surface area (TPSA) is 40.6 Å². The van der Waals surface area contributed by atoms with Gasteiger partial charge in [0.1, 0.15) is 5.70 Å². The first-order chi connectivity index (χ1) is 14.5. The Labute approximate surface area is 181 Å². The molecule has 3 aromatic rings. The van der Waals surface area contributed by atoms with Gasteiger partial charge in [-0.1, -0.05) is 78.3 Å². The van der Waals surface area contributed by atoms with Crippen LogP contribution in [0.25, 0.3) is 5.57 Å². The quantitative estimate of drug-likeness (QED) is 0.545. The Morgan fingerprint density at radius 1 is 0.867 bits per heavy atom. The van der Waals surface area contributed by atoms with Crippen LogP contribution in [0.2, 0.25) is 5.02 Å². The lowest BCUT2D eigenvalue weighted by Gasteiger charge is -2.22. The molecule has 150 valence electrons. The van der Waals surface area contributed by atoms with Gasteiger partial charge in [-0.05, 0) is 35.7 Å². The van der Waals surface area contributed by atoms with Gasteiger partial charge >= 0.3 is 0 Å². The fraction of sp³-hybridized carbons (Fsp3) is 0.120. The number of carbonyl (C=O) groups excluding carboxylic acids is 2. The molecule has 0 aliphatic carbocycles. The van der Waals surface area contributed by atoms with Crippen LogP contribution in [0.4, 0.5) is 5.69 Å². The van der Waals surface area contributed by atoms with Crippen LogP contribution < -0.4 is 4.90 Å². The molecular formula is C25H21ClN2O2. The molecule has 0 N–H and O–H groups in total. The third-order valence-corrected chi connectivity index (χ3v) is 5.41. The maximum atomic E-state index is 13.6. The number of hydrogen-bond donors (Lipinski definition) is 0. The highest BCUT2D eigenvalue weighted by atomic mass is 35.5. The summed E-state index contributed by atoms with van der Waals surface area (Å²) in [7, 11) is 1.84. The van der Waals surface area contributed by atoms with Crippen molar-refractivity contribution >= 4 is 34.7 Å². The van der Waals surface area contributed by atoms with Crippen LogP contribution >= 0.6 is 11.6 Å². The van der Waals surface area contributed by atoms with Crippen molar-refractivity contribution in [2.75, 3.05) is 11.9 Å². The van der Waals surface area contributed by atoms with E-state index in [2.05, 4.69) is 0 Å². The van der Waals surface area contributed by atoms with E-state index in [4.69, 9.17) is 11.6 Å². The van der Waals surface area contributed by atoms with E-state index >= 15 is 0 Å². The van der Waals surface area contributed by atoms with E-state index in [0.717, 1.165) is 11.1 Å². The lowest BCUT2D eigenvalue weighted by Crippen LogP contribution is -2.34. The summed E-state index contributed by atoms with van der Waals surface area (Å²) in [5, 5.41) is 0.476. The molecule has 0 unspecified atom stereocenters. The van der Waals surface area contributed by atoms with Crippen molar-refractivity contribution in [3.63, 3.8) is 0 Å². The number of anilines is 1. The Morgan fingerprint density at radius 3 is 2.17 bits per heavy atom. The monoisotopic (exact) mass is 416 g/mol. The van der Waals surface area contributed by atoms with E-state index in [9.17, 15) is 9.59 Å². The molecule has 2 amide bonds.